The summed E-state index contributed by atoms with van der Waals surface area (Å²) in [6, 6.07) is -0.832. The zero-order chi connectivity index (χ0) is 39.2. The fourth-order valence-electron chi connectivity index (χ4n) is 7.49. The molecule has 312 valence electrons. The highest BCUT2D eigenvalue weighted by atomic mass is 16.6. The standard InChI is InChI=1S/C44H85N3O6/c1-5-7-9-11-13-15-17-19-20-21-22-24-26-28-30-32-41(50)47(33-31-29-27-25-23-18-16-14-12-10-8-6-2)44(46-43(52)38(45)34-37(3)4)35-39(49)42(51)40(36-48)53-44/h19-20,37-40,42,48-49,51H,5-18,21-36,45H2,1-4H3,(H,46,52)/b20-19-/t38-,39+,40+,42-,44-/m0/s1. The minimum atomic E-state index is -1.71. The van der Waals surface area contributed by atoms with Crippen LogP contribution in [0.15, 0.2) is 12.2 Å². The molecule has 1 rings (SSSR count). The molecule has 0 aliphatic carbocycles. The van der Waals surface area contributed by atoms with Crippen molar-refractivity contribution in [3.63, 3.8) is 0 Å². The van der Waals surface area contributed by atoms with Crippen molar-refractivity contribution < 1.29 is 29.6 Å². The number of hydrogen-bond acceptors (Lipinski definition) is 7. The average Bonchev–Trinajstić information content (AvgIpc) is 3.13. The van der Waals surface area contributed by atoms with Crippen LogP contribution in [-0.2, 0) is 14.3 Å². The van der Waals surface area contributed by atoms with Crippen LogP contribution in [0.4, 0.5) is 0 Å². The number of nitrogens with two attached hydrogens (primary N) is 1. The van der Waals surface area contributed by atoms with Crippen molar-refractivity contribution in [1.29, 1.82) is 0 Å². The van der Waals surface area contributed by atoms with Crippen molar-refractivity contribution in [1.82, 2.24) is 10.2 Å². The summed E-state index contributed by atoms with van der Waals surface area (Å²) in [5.41, 5.74) is 6.28. The molecule has 0 radical (unpaired) electrons. The number of aliphatic hydroxyl groups is 3. The van der Waals surface area contributed by atoms with Gasteiger partial charge in [0.1, 0.15) is 12.2 Å². The molecular weight excluding hydrogens is 666 g/mol. The van der Waals surface area contributed by atoms with Gasteiger partial charge in [-0.1, -0.05) is 162 Å². The molecule has 0 aromatic rings. The predicted octanol–water partition coefficient (Wildman–Crippen LogP) is 9.20. The Morgan fingerprint density at radius 2 is 1.21 bits per heavy atom. The first-order chi connectivity index (χ1) is 25.6. The van der Waals surface area contributed by atoms with Gasteiger partial charge in [0.2, 0.25) is 17.7 Å². The number of rotatable bonds is 34. The SMILES string of the molecule is CCCCCCCC/C=C\CCCCCCCC(=O)N(CCCCCCCCCCCCCC)[C@@]1(NC(=O)[C@@H](N)CC(C)C)C[C@@H](O)[C@H](O)[C@@H](CO)O1. The lowest BCUT2D eigenvalue weighted by atomic mass is 9.95. The number of allylic oxidation sites excluding steroid dienone is 2. The normalized spacial score (nSPS) is 21.0. The summed E-state index contributed by atoms with van der Waals surface area (Å²) in [5.74, 6) is -2.18. The van der Waals surface area contributed by atoms with E-state index in [0.717, 1.165) is 57.8 Å². The maximum Gasteiger partial charge on any atom is 0.240 e. The lowest BCUT2D eigenvalue weighted by Crippen LogP contribution is -2.72. The zero-order valence-corrected chi connectivity index (χ0v) is 34.8. The Balaban J connectivity index is 2.80. The first-order valence-electron chi connectivity index (χ1n) is 22.3. The van der Waals surface area contributed by atoms with Crippen molar-refractivity contribution in [3.8, 4) is 0 Å². The van der Waals surface area contributed by atoms with Crippen LogP contribution in [0.5, 0.6) is 0 Å². The molecule has 1 aliphatic heterocycles. The Labute approximate surface area is 325 Å². The highest BCUT2D eigenvalue weighted by Gasteiger charge is 2.52. The molecule has 0 unspecified atom stereocenters. The number of nitrogens with one attached hydrogen (secondary N) is 1. The van der Waals surface area contributed by atoms with Crippen LogP contribution in [0, 0.1) is 5.92 Å². The van der Waals surface area contributed by atoms with Crippen LogP contribution in [-0.4, -0.2) is 75.4 Å². The maximum atomic E-state index is 14.1. The third-order valence-corrected chi connectivity index (χ3v) is 10.8. The fraction of sp³-hybridized carbons (Fsp3) is 0.909. The first-order valence-corrected chi connectivity index (χ1v) is 22.3. The number of hydrogen-bond donors (Lipinski definition) is 5. The summed E-state index contributed by atoms with van der Waals surface area (Å²) in [5, 5.41) is 34.6. The summed E-state index contributed by atoms with van der Waals surface area (Å²) >= 11 is 0. The first kappa shape index (κ1) is 49.5. The van der Waals surface area contributed by atoms with Gasteiger partial charge in [-0.2, -0.15) is 0 Å². The number of ether oxygens (including phenoxy) is 1. The molecule has 2 amide bonds. The Morgan fingerprint density at radius 1 is 0.755 bits per heavy atom. The average molecular weight is 752 g/mol. The second-order valence-electron chi connectivity index (χ2n) is 16.4. The van der Waals surface area contributed by atoms with Gasteiger partial charge in [-0.05, 0) is 50.9 Å². The minimum absolute atomic E-state index is 0.163. The Hall–Kier alpha value is -1.52. The molecule has 0 bridgehead atoms. The molecular formula is C44H85N3O6. The molecule has 5 atom stereocenters. The number of carbonyl (C=O) groups is 2. The second-order valence-corrected chi connectivity index (χ2v) is 16.4. The largest absolute Gasteiger partial charge is 0.394 e. The van der Waals surface area contributed by atoms with E-state index in [1.54, 1.807) is 4.90 Å². The summed E-state index contributed by atoms with van der Waals surface area (Å²) in [6.45, 7) is 8.24. The lowest BCUT2D eigenvalue weighted by molar-refractivity contribution is -0.280. The van der Waals surface area contributed by atoms with Gasteiger partial charge in [0.05, 0.1) is 18.8 Å². The van der Waals surface area contributed by atoms with Gasteiger partial charge >= 0.3 is 0 Å². The van der Waals surface area contributed by atoms with E-state index in [9.17, 15) is 24.9 Å². The molecule has 1 heterocycles. The molecule has 0 aromatic carbocycles. The number of nitrogens with zero attached hydrogens (tertiary/aromatic N) is 1. The molecule has 9 nitrogen and oxygen atoms in total. The van der Waals surface area contributed by atoms with Crippen LogP contribution in [0.25, 0.3) is 0 Å². The van der Waals surface area contributed by atoms with Crippen molar-refractivity contribution in [2.24, 2.45) is 11.7 Å². The van der Waals surface area contributed by atoms with Gasteiger partial charge < -0.3 is 31.1 Å². The maximum absolute atomic E-state index is 14.1. The van der Waals surface area contributed by atoms with E-state index in [-0.39, 0.29) is 24.7 Å². The number of carbonyl (C=O) groups excluding carboxylic acids is 2. The summed E-state index contributed by atoms with van der Waals surface area (Å²) in [6.07, 6.45) is 30.8. The van der Waals surface area contributed by atoms with E-state index < -0.39 is 42.7 Å². The number of unbranched alkanes of at least 4 members (excludes halogenated alkanes) is 22. The van der Waals surface area contributed by atoms with E-state index in [4.69, 9.17) is 10.5 Å². The summed E-state index contributed by atoms with van der Waals surface area (Å²) in [4.78, 5) is 29.1. The fourth-order valence-corrected chi connectivity index (χ4v) is 7.49. The third-order valence-electron chi connectivity index (χ3n) is 10.8. The van der Waals surface area contributed by atoms with Crippen molar-refractivity contribution in [3.05, 3.63) is 12.2 Å². The highest BCUT2D eigenvalue weighted by Crippen LogP contribution is 2.33. The van der Waals surface area contributed by atoms with Gasteiger partial charge in [0.15, 0.2) is 0 Å². The van der Waals surface area contributed by atoms with Crippen molar-refractivity contribution in [2.75, 3.05) is 13.2 Å². The van der Waals surface area contributed by atoms with Crippen LogP contribution in [0.1, 0.15) is 207 Å². The molecule has 0 saturated carbocycles. The van der Waals surface area contributed by atoms with Gasteiger partial charge in [-0.3, -0.25) is 14.5 Å². The monoisotopic (exact) mass is 752 g/mol. The topological polar surface area (TPSA) is 145 Å². The van der Waals surface area contributed by atoms with Crippen LogP contribution in [0.3, 0.4) is 0 Å². The number of amides is 2. The highest BCUT2D eigenvalue weighted by molar-refractivity contribution is 5.83. The van der Waals surface area contributed by atoms with Gasteiger partial charge in [-0.25, -0.2) is 0 Å². The van der Waals surface area contributed by atoms with E-state index in [1.165, 1.54) is 96.3 Å². The van der Waals surface area contributed by atoms with Crippen molar-refractivity contribution in [2.45, 2.75) is 238 Å². The third kappa shape index (κ3) is 22.6. The molecule has 6 N–H and O–H groups in total. The van der Waals surface area contributed by atoms with E-state index in [2.05, 4.69) is 31.3 Å². The molecule has 0 spiro atoms. The molecule has 0 aromatic heterocycles. The predicted molar refractivity (Wildman–Crippen MR) is 219 cm³/mol. The molecule has 9 heteroatoms. The smallest absolute Gasteiger partial charge is 0.240 e. The zero-order valence-electron chi connectivity index (χ0n) is 34.8. The van der Waals surface area contributed by atoms with E-state index in [0.29, 0.717) is 19.4 Å². The number of aliphatic hydroxyl groups excluding tert-OH is 3. The minimum Gasteiger partial charge on any atom is -0.394 e. The van der Waals surface area contributed by atoms with Crippen molar-refractivity contribution >= 4 is 11.8 Å². The summed E-state index contributed by atoms with van der Waals surface area (Å²) in [7, 11) is 0. The Bertz CT molecular complexity index is 933. The van der Waals surface area contributed by atoms with Crippen LogP contribution in [0.2, 0.25) is 0 Å². The van der Waals surface area contributed by atoms with E-state index >= 15 is 0 Å². The molecule has 1 aliphatic rings. The van der Waals surface area contributed by atoms with Gasteiger partial charge in [-0.15, -0.1) is 0 Å². The van der Waals surface area contributed by atoms with Gasteiger partial charge in [0.25, 0.3) is 0 Å². The second kappa shape index (κ2) is 31.7. The van der Waals surface area contributed by atoms with Gasteiger partial charge in [0, 0.05) is 19.4 Å². The lowest BCUT2D eigenvalue weighted by Gasteiger charge is -2.51. The summed E-state index contributed by atoms with van der Waals surface area (Å²) < 4.78 is 6.25. The Morgan fingerprint density at radius 3 is 1.68 bits per heavy atom. The van der Waals surface area contributed by atoms with Crippen LogP contribution < -0.4 is 11.1 Å². The van der Waals surface area contributed by atoms with Crippen LogP contribution >= 0.6 is 0 Å². The quantitative estimate of drug-likeness (QED) is 0.0250. The molecule has 53 heavy (non-hydrogen) atoms. The van der Waals surface area contributed by atoms with E-state index in [1.807, 2.05) is 13.8 Å². The molecule has 1 fully saturated rings. The molecule has 1 saturated heterocycles. The Kier molecular flexibility index (Phi) is 29.6.